The Morgan fingerprint density at radius 2 is 1.92 bits per heavy atom. The molecule has 1 heterocycles. The summed E-state index contributed by atoms with van der Waals surface area (Å²) in [7, 11) is 1.79. The molecule has 2 unspecified atom stereocenters. The number of likely N-dealkylation sites (tertiary alicyclic amines) is 1. The smallest absolute Gasteiger partial charge is 0.253 e. The summed E-state index contributed by atoms with van der Waals surface area (Å²) in [4.78, 5) is 27.9. The average molecular weight is 332 g/mol. The van der Waals surface area contributed by atoms with Crippen molar-refractivity contribution in [2.75, 3.05) is 20.1 Å². The Morgan fingerprint density at radius 1 is 1.29 bits per heavy atom. The normalized spacial score (nSPS) is 21.0. The minimum Gasteiger partial charge on any atom is -0.391 e. The van der Waals surface area contributed by atoms with E-state index in [1.54, 1.807) is 29.0 Å². The van der Waals surface area contributed by atoms with E-state index in [9.17, 15) is 14.7 Å². The number of amides is 2. The van der Waals surface area contributed by atoms with Gasteiger partial charge in [-0.25, -0.2) is 0 Å². The summed E-state index contributed by atoms with van der Waals surface area (Å²) >= 11 is 0. The molecule has 1 saturated heterocycles. The Labute approximate surface area is 144 Å². The molecular weight excluding hydrogens is 304 g/mol. The van der Waals surface area contributed by atoms with Crippen LogP contribution in [0.2, 0.25) is 0 Å². The lowest BCUT2D eigenvalue weighted by Crippen LogP contribution is -2.45. The third-order valence-corrected chi connectivity index (χ3v) is 4.70. The summed E-state index contributed by atoms with van der Waals surface area (Å²) < 4.78 is 0. The van der Waals surface area contributed by atoms with Crippen molar-refractivity contribution >= 4 is 11.8 Å². The highest BCUT2D eigenvalue weighted by molar-refractivity contribution is 5.94. The summed E-state index contributed by atoms with van der Waals surface area (Å²) in [6.45, 7) is 7.39. The van der Waals surface area contributed by atoms with Crippen molar-refractivity contribution in [2.24, 2.45) is 11.8 Å². The minimum atomic E-state index is -0.447. The fraction of sp³-hybridized carbons (Fsp3) is 0.579. The van der Waals surface area contributed by atoms with Crippen molar-refractivity contribution in [2.45, 2.75) is 39.8 Å². The first-order valence-corrected chi connectivity index (χ1v) is 8.61. The number of carbonyl (C=O) groups excluding carboxylic acids is 2. The third-order valence-electron chi connectivity index (χ3n) is 4.70. The molecule has 24 heavy (non-hydrogen) atoms. The largest absolute Gasteiger partial charge is 0.391 e. The lowest BCUT2D eigenvalue weighted by Gasteiger charge is -2.34. The van der Waals surface area contributed by atoms with E-state index >= 15 is 0 Å². The number of hydrogen-bond acceptors (Lipinski definition) is 3. The van der Waals surface area contributed by atoms with Crippen molar-refractivity contribution in [1.29, 1.82) is 0 Å². The summed E-state index contributed by atoms with van der Waals surface area (Å²) in [5.41, 5.74) is 1.62. The first kappa shape index (κ1) is 18.5. The number of piperidine rings is 1. The zero-order valence-electron chi connectivity index (χ0n) is 15.0. The molecule has 1 aromatic carbocycles. The van der Waals surface area contributed by atoms with Crippen molar-refractivity contribution in [3.8, 4) is 0 Å². The second kappa shape index (κ2) is 7.79. The summed E-state index contributed by atoms with van der Waals surface area (Å²) in [5.74, 6) is 0.278. The predicted molar refractivity (Wildman–Crippen MR) is 93.4 cm³/mol. The van der Waals surface area contributed by atoms with Gasteiger partial charge in [0.25, 0.3) is 5.91 Å². The van der Waals surface area contributed by atoms with Crippen LogP contribution < -0.4 is 0 Å². The lowest BCUT2D eigenvalue weighted by molar-refractivity contribution is -0.133. The number of aliphatic hydroxyl groups is 1. The molecule has 1 fully saturated rings. The Bertz CT molecular complexity index is 583. The van der Waals surface area contributed by atoms with Gasteiger partial charge in [-0.2, -0.15) is 0 Å². The minimum absolute atomic E-state index is 0.0243. The molecule has 0 aliphatic carbocycles. The fourth-order valence-corrected chi connectivity index (χ4v) is 2.96. The zero-order valence-corrected chi connectivity index (χ0v) is 15.0. The first-order valence-electron chi connectivity index (χ1n) is 8.61. The first-order chi connectivity index (χ1) is 11.3. The van der Waals surface area contributed by atoms with Crippen LogP contribution in [0.1, 0.15) is 43.1 Å². The van der Waals surface area contributed by atoms with Gasteiger partial charge < -0.3 is 14.9 Å². The summed E-state index contributed by atoms with van der Waals surface area (Å²) in [6.07, 6.45) is 0.380. The Hall–Kier alpha value is -1.88. The van der Waals surface area contributed by atoms with Crippen molar-refractivity contribution in [3.05, 3.63) is 35.4 Å². The van der Waals surface area contributed by atoms with Gasteiger partial charge in [0.2, 0.25) is 5.91 Å². The highest BCUT2D eigenvalue weighted by Gasteiger charge is 2.27. The van der Waals surface area contributed by atoms with Crippen molar-refractivity contribution in [1.82, 2.24) is 9.80 Å². The van der Waals surface area contributed by atoms with Crippen LogP contribution >= 0.6 is 0 Å². The van der Waals surface area contributed by atoms with Crippen LogP contribution in [0.4, 0.5) is 0 Å². The topological polar surface area (TPSA) is 60.9 Å². The van der Waals surface area contributed by atoms with Crippen LogP contribution in [0.3, 0.4) is 0 Å². The molecule has 1 aliphatic heterocycles. The number of rotatable bonds is 4. The van der Waals surface area contributed by atoms with Gasteiger partial charge in [0.15, 0.2) is 0 Å². The van der Waals surface area contributed by atoms with E-state index < -0.39 is 6.10 Å². The van der Waals surface area contributed by atoms with Crippen LogP contribution in [0.25, 0.3) is 0 Å². The second-order valence-electron chi connectivity index (χ2n) is 7.13. The fourth-order valence-electron chi connectivity index (χ4n) is 2.96. The van der Waals surface area contributed by atoms with Crippen LogP contribution in [0.15, 0.2) is 24.3 Å². The molecule has 5 nitrogen and oxygen atoms in total. The second-order valence-corrected chi connectivity index (χ2v) is 7.13. The predicted octanol–water partition coefficient (Wildman–Crippen LogP) is 2.14. The highest BCUT2D eigenvalue weighted by Crippen LogP contribution is 2.19. The van der Waals surface area contributed by atoms with E-state index in [1.165, 1.54) is 0 Å². The highest BCUT2D eigenvalue weighted by atomic mass is 16.3. The molecule has 0 radical (unpaired) electrons. The number of nitrogens with zero attached hydrogens (tertiary/aromatic N) is 2. The van der Waals surface area contributed by atoms with Crippen LogP contribution in [0.5, 0.6) is 0 Å². The molecule has 5 heteroatoms. The van der Waals surface area contributed by atoms with Crippen molar-refractivity contribution in [3.63, 3.8) is 0 Å². The monoisotopic (exact) mass is 332 g/mol. The van der Waals surface area contributed by atoms with E-state index in [-0.39, 0.29) is 23.7 Å². The molecule has 0 saturated carbocycles. The van der Waals surface area contributed by atoms with Gasteiger partial charge in [0.1, 0.15) is 0 Å². The number of carbonyl (C=O) groups is 2. The SMILES string of the molecule is CC(C)C(=O)N(C)Cc1ccc(C(=O)N2CCC(C)C(O)C2)cc1. The van der Waals surface area contributed by atoms with E-state index in [4.69, 9.17) is 0 Å². The van der Waals surface area contributed by atoms with E-state index in [2.05, 4.69) is 0 Å². The third kappa shape index (κ3) is 4.35. The molecule has 1 aromatic rings. The molecule has 2 amide bonds. The van der Waals surface area contributed by atoms with Gasteiger partial charge in [-0.3, -0.25) is 9.59 Å². The Balaban J connectivity index is 1.99. The maximum absolute atomic E-state index is 12.5. The van der Waals surface area contributed by atoms with Gasteiger partial charge >= 0.3 is 0 Å². The number of hydrogen-bond donors (Lipinski definition) is 1. The number of aliphatic hydroxyl groups excluding tert-OH is 1. The standard InChI is InChI=1S/C19H28N2O3/c1-13(2)18(23)20(4)11-15-5-7-16(8-6-15)19(24)21-10-9-14(3)17(22)12-21/h5-8,13-14,17,22H,9-12H2,1-4H3. The zero-order chi connectivity index (χ0) is 17.9. The average Bonchev–Trinajstić information content (AvgIpc) is 2.56. The van der Waals surface area contributed by atoms with Crippen LogP contribution in [-0.2, 0) is 11.3 Å². The number of β-amino-alcohol motifs (C(OH)–C–C–N with tert-alkyl or cyclic N) is 1. The van der Waals surface area contributed by atoms with Gasteiger partial charge in [-0.15, -0.1) is 0 Å². The molecule has 2 atom stereocenters. The maximum atomic E-state index is 12.5. The van der Waals surface area contributed by atoms with E-state index in [1.807, 2.05) is 32.9 Å². The van der Waals surface area contributed by atoms with E-state index in [0.29, 0.717) is 25.2 Å². The van der Waals surface area contributed by atoms with Gasteiger partial charge in [0.05, 0.1) is 6.10 Å². The number of benzene rings is 1. The lowest BCUT2D eigenvalue weighted by atomic mass is 9.95. The molecular formula is C19H28N2O3. The molecule has 132 valence electrons. The Kier molecular flexibility index (Phi) is 5.99. The van der Waals surface area contributed by atoms with E-state index in [0.717, 1.165) is 12.0 Å². The molecule has 0 aromatic heterocycles. The molecule has 2 rings (SSSR count). The summed E-state index contributed by atoms with van der Waals surface area (Å²) in [6, 6.07) is 7.38. The summed E-state index contributed by atoms with van der Waals surface area (Å²) in [5, 5.41) is 9.95. The van der Waals surface area contributed by atoms with Crippen LogP contribution in [-0.4, -0.2) is 53.0 Å². The Morgan fingerprint density at radius 3 is 2.46 bits per heavy atom. The quantitative estimate of drug-likeness (QED) is 0.919. The van der Waals surface area contributed by atoms with Gasteiger partial charge in [0, 0.05) is 38.2 Å². The maximum Gasteiger partial charge on any atom is 0.253 e. The van der Waals surface area contributed by atoms with Gasteiger partial charge in [-0.1, -0.05) is 32.9 Å². The molecule has 1 aliphatic rings. The molecule has 0 bridgehead atoms. The van der Waals surface area contributed by atoms with Gasteiger partial charge in [-0.05, 0) is 30.0 Å². The molecule has 0 spiro atoms. The van der Waals surface area contributed by atoms with Crippen molar-refractivity contribution < 1.29 is 14.7 Å². The molecule has 1 N–H and O–H groups in total. The van der Waals surface area contributed by atoms with Crippen LogP contribution in [0, 0.1) is 11.8 Å².